The quantitative estimate of drug-likeness (QED) is 0.0712. The molecule has 3 aromatic heterocycles. The number of aryl methyl sites for hydroxylation is 1. The summed E-state index contributed by atoms with van der Waals surface area (Å²) in [4.78, 5) is 29.8. The normalized spacial score (nSPS) is 11.9. The number of methoxy groups -OCH3 is 3. The minimum atomic E-state index is -0.372. The first kappa shape index (κ1) is 38.4. The molecule has 0 spiro atoms. The summed E-state index contributed by atoms with van der Waals surface area (Å²) in [5.74, 6) is 1.46. The Hall–Kier alpha value is -6.46. The van der Waals surface area contributed by atoms with Crippen molar-refractivity contribution in [3.63, 3.8) is 0 Å². The smallest absolute Gasteiger partial charge is 0.270 e. The molecular formula is C47H42BrN5O5. The van der Waals surface area contributed by atoms with E-state index in [0.29, 0.717) is 34.2 Å². The van der Waals surface area contributed by atoms with Crippen LogP contribution in [0.3, 0.4) is 0 Å². The van der Waals surface area contributed by atoms with Gasteiger partial charge < -0.3 is 24.2 Å². The van der Waals surface area contributed by atoms with Crippen molar-refractivity contribution in [2.24, 2.45) is 0 Å². The minimum Gasteiger partial charge on any atom is -0.493 e. The fourth-order valence-corrected chi connectivity index (χ4v) is 8.05. The van der Waals surface area contributed by atoms with Crippen LogP contribution in [0.2, 0.25) is 0 Å². The van der Waals surface area contributed by atoms with Gasteiger partial charge in [-0.2, -0.15) is 0 Å². The minimum absolute atomic E-state index is 0.00573. The first-order valence-electron chi connectivity index (χ1n) is 19.3. The monoisotopic (exact) mass is 835 g/mol. The summed E-state index contributed by atoms with van der Waals surface area (Å²) < 4.78 is 18.3. The van der Waals surface area contributed by atoms with E-state index >= 15 is 0 Å². The second-order valence-electron chi connectivity index (χ2n) is 14.1. The van der Waals surface area contributed by atoms with Crippen LogP contribution in [-0.2, 0) is 6.42 Å². The number of nitrogens with one attached hydrogen (secondary N) is 2. The van der Waals surface area contributed by atoms with Gasteiger partial charge in [0.05, 0.1) is 49.0 Å². The topological polar surface area (TPSA) is 128 Å². The SMILES string of the molecule is CCCCCCc1c2nc(c(-c3cccc([N+](=O)[O-])c3)c3ccc([nH]3)c(-c3cc(OC)c(OC)c(OC)c3)c3nc(c(-c4ccc(Br)cc4)c4ccc1[nH]4)C=C3)C=C2. The highest BCUT2D eigenvalue weighted by molar-refractivity contribution is 9.10. The van der Waals surface area contributed by atoms with Gasteiger partial charge in [0.15, 0.2) is 11.5 Å². The molecule has 2 aliphatic rings. The predicted octanol–water partition coefficient (Wildman–Crippen LogP) is 12.5. The number of rotatable bonds is 12. The van der Waals surface area contributed by atoms with Gasteiger partial charge in [-0.25, -0.2) is 9.97 Å². The van der Waals surface area contributed by atoms with Crippen molar-refractivity contribution in [2.45, 2.75) is 39.0 Å². The number of ether oxygens (including phenoxy) is 3. The highest BCUT2D eigenvalue weighted by Crippen LogP contribution is 2.44. The van der Waals surface area contributed by atoms with E-state index in [9.17, 15) is 10.1 Å². The van der Waals surface area contributed by atoms with Crippen molar-refractivity contribution in [2.75, 3.05) is 21.3 Å². The third-order valence-corrected chi connectivity index (χ3v) is 11.1. The van der Waals surface area contributed by atoms with Crippen molar-refractivity contribution in [3.05, 3.63) is 128 Å². The summed E-state index contributed by atoms with van der Waals surface area (Å²) in [6.07, 6.45) is 13.4. The average Bonchev–Trinajstić information content (AvgIpc) is 4.09. The Morgan fingerprint density at radius 1 is 0.621 bits per heavy atom. The zero-order valence-electron chi connectivity index (χ0n) is 32.7. The molecule has 0 saturated carbocycles. The Morgan fingerprint density at radius 3 is 1.76 bits per heavy atom. The van der Waals surface area contributed by atoms with Gasteiger partial charge in [-0.1, -0.05) is 66.4 Å². The fourth-order valence-electron chi connectivity index (χ4n) is 7.78. The second kappa shape index (κ2) is 16.6. The van der Waals surface area contributed by atoms with Crippen molar-refractivity contribution in [1.29, 1.82) is 0 Å². The summed E-state index contributed by atoms with van der Waals surface area (Å²) >= 11 is 3.62. The molecule has 0 amide bonds. The number of nitro benzene ring substituents is 1. The lowest BCUT2D eigenvalue weighted by Gasteiger charge is -2.14. The molecule has 0 unspecified atom stereocenters. The van der Waals surface area contributed by atoms with Crippen LogP contribution in [0.25, 0.3) is 79.8 Å². The molecule has 11 heteroatoms. The van der Waals surface area contributed by atoms with Gasteiger partial charge in [-0.15, -0.1) is 0 Å². The zero-order valence-corrected chi connectivity index (χ0v) is 34.3. The van der Waals surface area contributed by atoms with E-state index in [-0.39, 0.29) is 10.6 Å². The Morgan fingerprint density at radius 2 is 1.17 bits per heavy atom. The van der Waals surface area contributed by atoms with Crippen LogP contribution in [0.4, 0.5) is 5.69 Å². The lowest BCUT2D eigenvalue weighted by atomic mass is 10.0. The van der Waals surface area contributed by atoms with Crippen molar-refractivity contribution >= 4 is 68.0 Å². The number of non-ortho nitro benzene ring substituents is 1. The van der Waals surface area contributed by atoms with Crippen LogP contribution in [0.1, 0.15) is 60.9 Å². The zero-order chi connectivity index (χ0) is 40.3. The number of nitro groups is 1. The number of hydrogen-bond acceptors (Lipinski definition) is 7. The number of aromatic nitrogens is 4. The number of fused-ring (bicyclic) bond motifs is 8. The molecule has 10 nitrogen and oxygen atoms in total. The van der Waals surface area contributed by atoms with Gasteiger partial charge in [0.1, 0.15) is 0 Å². The first-order valence-corrected chi connectivity index (χ1v) is 20.1. The maximum Gasteiger partial charge on any atom is 0.270 e. The summed E-state index contributed by atoms with van der Waals surface area (Å²) in [7, 11) is 4.76. The van der Waals surface area contributed by atoms with E-state index in [1.165, 1.54) is 6.07 Å². The average molecular weight is 837 g/mol. The van der Waals surface area contributed by atoms with E-state index < -0.39 is 0 Å². The van der Waals surface area contributed by atoms with Crippen LogP contribution in [0, 0.1) is 10.1 Å². The van der Waals surface area contributed by atoms with Gasteiger partial charge >= 0.3 is 0 Å². The molecular weight excluding hydrogens is 794 g/mol. The van der Waals surface area contributed by atoms with Gasteiger partial charge in [-0.3, -0.25) is 10.1 Å². The molecule has 2 N–H and O–H groups in total. The van der Waals surface area contributed by atoms with Crippen molar-refractivity contribution in [1.82, 2.24) is 19.9 Å². The lowest BCUT2D eigenvalue weighted by Crippen LogP contribution is -1.96. The molecule has 0 radical (unpaired) electrons. The maximum atomic E-state index is 12.0. The van der Waals surface area contributed by atoms with Crippen LogP contribution in [0.5, 0.6) is 17.2 Å². The van der Waals surface area contributed by atoms with Gasteiger partial charge in [0.2, 0.25) is 5.75 Å². The standard InChI is InChI=1S/C47H42BrN5O5/c1-5-6-7-8-12-33-34-17-19-36(49-34)44(28-13-15-31(48)16-14-28)37-21-23-40(51-37)46(30-26-42(56-2)47(58-4)43(27-30)57-3)41-24-22-39(52-41)45(38-20-18-35(33)50-38)29-10-9-11-32(25-29)53(54)55/h9-11,13-27,49,52H,5-8,12H2,1-4H3. The summed E-state index contributed by atoms with van der Waals surface area (Å²) in [5, 5.41) is 12.0. The Bertz CT molecular complexity index is 2760. The lowest BCUT2D eigenvalue weighted by molar-refractivity contribution is -0.384. The Kier molecular flexibility index (Phi) is 11.0. The third kappa shape index (κ3) is 7.41. The molecule has 0 saturated heterocycles. The van der Waals surface area contributed by atoms with Crippen LogP contribution < -0.4 is 14.2 Å². The van der Waals surface area contributed by atoms with Crippen LogP contribution in [-0.4, -0.2) is 46.2 Å². The van der Waals surface area contributed by atoms with E-state index in [1.807, 2.05) is 60.7 Å². The highest BCUT2D eigenvalue weighted by Gasteiger charge is 2.21. The Labute approximate surface area is 344 Å². The first-order chi connectivity index (χ1) is 28.3. The summed E-state index contributed by atoms with van der Waals surface area (Å²) in [6.45, 7) is 2.22. The highest BCUT2D eigenvalue weighted by atomic mass is 79.9. The maximum absolute atomic E-state index is 12.0. The number of aromatic amines is 2. The molecule has 6 aromatic rings. The van der Waals surface area contributed by atoms with E-state index in [0.717, 1.165) is 103 Å². The van der Waals surface area contributed by atoms with Crippen molar-refractivity contribution < 1.29 is 19.1 Å². The van der Waals surface area contributed by atoms with E-state index in [2.05, 4.69) is 63.2 Å². The number of halogens is 1. The number of hydrogen-bond donors (Lipinski definition) is 2. The molecule has 5 heterocycles. The molecule has 292 valence electrons. The number of unbranched alkanes of at least 4 members (excludes halogenated alkanes) is 3. The van der Waals surface area contributed by atoms with Gasteiger partial charge in [0.25, 0.3) is 5.69 Å². The summed E-state index contributed by atoms with van der Waals surface area (Å²) in [6, 6.07) is 27.0. The summed E-state index contributed by atoms with van der Waals surface area (Å²) in [5.41, 5.74) is 12.4. The number of H-pyrrole nitrogens is 2. The molecule has 8 bridgehead atoms. The Balaban J connectivity index is 1.53. The molecule has 3 aromatic carbocycles. The van der Waals surface area contributed by atoms with E-state index in [1.54, 1.807) is 33.5 Å². The largest absolute Gasteiger partial charge is 0.493 e. The van der Waals surface area contributed by atoms with Crippen molar-refractivity contribution in [3.8, 4) is 50.6 Å². The molecule has 58 heavy (non-hydrogen) atoms. The predicted molar refractivity (Wildman–Crippen MR) is 237 cm³/mol. The molecule has 2 aliphatic heterocycles. The molecule has 0 fully saturated rings. The molecule has 0 aliphatic carbocycles. The van der Waals surface area contributed by atoms with Gasteiger partial charge in [0, 0.05) is 60.9 Å². The molecule has 0 atom stereocenters. The second-order valence-corrected chi connectivity index (χ2v) is 15.1. The third-order valence-electron chi connectivity index (χ3n) is 10.6. The number of benzene rings is 3. The fraction of sp³-hybridized carbons (Fsp3) is 0.191. The van der Waals surface area contributed by atoms with E-state index in [4.69, 9.17) is 24.2 Å². The molecule has 8 rings (SSSR count). The van der Waals surface area contributed by atoms with Crippen LogP contribution >= 0.6 is 15.9 Å². The van der Waals surface area contributed by atoms with Crippen LogP contribution in [0.15, 0.2) is 89.4 Å². The van der Waals surface area contributed by atoms with Gasteiger partial charge in [-0.05, 0) is 102 Å². The number of nitrogens with zero attached hydrogens (tertiary/aromatic N) is 3.